The minimum Gasteiger partial charge on any atom is -0.444 e. The number of aromatic amines is 3. The van der Waals surface area contributed by atoms with Crippen LogP contribution in [0.4, 0.5) is 4.79 Å². The summed E-state index contributed by atoms with van der Waals surface area (Å²) < 4.78 is 5.37. The van der Waals surface area contributed by atoms with Gasteiger partial charge in [0.15, 0.2) is 0 Å². The summed E-state index contributed by atoms with van der Waals surface area (Å²) in [4.78, 5) is 74.8. The van der Waals surface area contributed by atoms with Crippen LogP contribution in [0.2, 0.25) is 0 Å². The molecule has 44 heavy (non-hydrogen) atoms. The van der Waals surface area contributed by atoms with Gasteiger partial charge < -0.3 is 35.6 Å². The molecule has 1 aromatic carbocycles. The van der Waals surface area contributed by atoms with Crippen LogP contribution >= 0.6 is 0 Å². The van der Waals surface area contributed by atoms with Crippen molar-refractivity contribution in [2.45, 2.75) is 63.8 Å². The summed E-state index contributed by atoms with van der Waals surface area (Å²) in [5.41, 5.74) is 4.23. The van der Waals surface area contributed by atoms with Crippen molar-refractivity contribution >= 4 is 34.7 Å². The van der Waals surface area contributed by atoms with E-state index in [2.05, 4.69) is 46.4 Å². The molecule has 234 valence electrons. The highest BCUT2D eigenvalue weighted by Gasteiger charge is 2.32. The van der Waals surface area contributed by atoms with E-state index >= 15 is 0 Å². The number of hydrogen-bond donors (Lipinski definition) is 7. The van der Waals surface area contributed by atoms with Crippen LogP contribution in [0.25, 0.3) is 10.9 Å². The van der Waals surface area contributed by atoms with Crippen LogP contribution in [0.1, 0.15) is 37.7 Å². The number of nitrogens with zero attached hydrogens (tertiary/aromatic N) is 2. The molecular weight excluding hydrogens is 570 g/mol. The molecule has 3 aromatic heterocycles. The Hall–Kier alpha value is -5.18. The Morgan fingerprint density at radius 3 is 1.91 bits per heavy atom. The zero-order valence-electron chi connectivity index (χ0n) is 24.9. The molecule has 0 saturated heterocycles. The van der Waals surface area contributed by atoms with E-state index in [1.165, 1.54) is 32.2 Å². The van der Waals surface area contributed by atoms with E-state index in [-0.39, 0.29) is 19.3 Å². The third kappa shape index (κ3) is 8.91. The maximum atomic E-state index is 13.8. The Labute approximate surface area is 253 Å². The Bertz CT molecular complexity index is 1540. The van der Waals surface area contributed by atoms with E-state index in [4.69, 9.17) is 9.57 Å². The highest BCUT2D eigenvalue weighted by atomic mass is 16.6. The van der Waals surface area contributed by atoms with E-state index in [0.29, 0.717) is 11.4 Å². The molecule has 0 aliphatic carbocycles. The van der Waals surface area contributed by atoms with Crippen molar-refractivity contribution < 1.29 is 28.8 Å². The monoisotopic (exact) mass is 607 g/mol. The van der Waals surface area contributed by atoms with Gasteiger partial charge in [0.1, 0.15) is 23.7 Å². The van der Waals surface area contributed by atoms with Crippen molar-refractivity contribution in [3.63, 3.8) is 0 Å². The Morgan fingerprint density at radius 1 is 0.795 bits per heavy atom. The first-order valence-electron chi connectivity index (χ1n) is 13.9. The first-order chi connectivity index (χ1) is 21.0. The van der Waals surface area contributed by atoms with Gasteiger partial charge in [-0.05, 0) is 32.4 Å². The smallest absolute Gasteiger partial charge is 0.408 e. The Morgan fingerprint density at radius 2 is 1.36 bits per heavy atom. The number of fused-ring (bicyclic) bond motifs is 1. The average Bonchev–Trinajstić information content (AvgIpc) is 3.74. The van der Waals surface area contributed by atoms with Crippen molar-refractivity contribution in [2.24, 2.45) is 0 Å². The number of hydrogen-bond acceptors (Lipinski definition) is 8. The van der Waals surface area contributed by atoms with E-state index < -0.39 is 47.5 Å². The van der Waals surface area contributed by atoms with Crippen molar-refractivity contribution in [3.8, 4) is 0 Å². The fraction of sp³-hybridized carbons (Fsp3) is 0.379. The van der Waals surface area contributed by atoms with Gasteiger partial charge in [0, 0.05) is 60.1 Å². The zero-order chi connectivity index (χ0) is 31.7. The van der Waals surface area contributed by atoms with Crippen LogP contribution in [0.15, 0.2) is 55.5 Å². The summed E-state index contributed by atoms with van der Waals surface area (Å²) in [7, 11) is 1.28. The van der Waals surface area contributed by atoms with Gasteiger partial charge in [-0.2, -0.15) is 0 Å². The number of aromatic nitrogens is 5. The standard InChI is InChI=1S/C29H37N9O6/c1-29(2,3)44-28(42)37-23(10-18-13-30-15-33-18)26(40)35-22(9-17-12-32-21-8-6-5-7-20(17)21)25(39)36-24(27(41)38-43-4)11-19-14-31-16-34-19/h5-8,12-16,22-24,32H,9-11H2,1-4H3,(H,30,33)(H,31,34)(H,35,40)(H,36,39)(H,37,42)(H,38,41)/t22-,23-,24-/m0/s1. The average molecular weight is 608 g/mol. The second kappa shape index (κ2) is 14.3. The minimum absolute atomic E-state index is 0.0468. The van der Waals surface area contributed by atoms with Gasteiger partial charge in [-0.15, -0.1) is 0 Å². The number of amides is 4. The van der Waals surface area contributed by atoms with Crippen LogP contribution in [-0.4, -0.2) is 79.6 Å². The molecule has 0 bridgehead atoms. The van der Waals surface area contributed by atoms with E-state index in [1.54, 1.807) is 27.0 Å². The number of H-pyrrole nitrogens is 3. The fourth-order valence-corrected chi connectivity index (χ4v) is 4.55. The SMILES string of the molecule is CONC(=O)[C@H](Cc1cnc[nH]1)NC(=O)[C@H](Cc1c[nH]c2ccccc12)NC(=O)[C@H](Cc1cnc[nH]1)NC(=O)OC(C)(C)C. The van der Waals surface area contributed by atoms with Crippen LogP contribution < -0.4 is 21.4 Å². The predicted molar refractivity (Wildman–Crippen MR) is 159 cm³/mol. The quantitative estimate of drug-likeness (QED) is 0.110. The summed E-state index contributed by atoms with van der Waals surface area (Å²) in [6.07, 6.45) is 7.14. The van der Waals surface area contributed by atoms with Gasteiger partial charge in [-0.25, -0.2) is 20.2 Å². The van der Waals surface area contributed by atoms with Crippen LogP contribution in [-0.2, 0) is 43.2 Å². The molecule has 0 saturated carbocycles. The van der Waals surface area contributed by atoms with Crippen molar-refractivity contribution in [3.05, 3.63) is 72.5 Å². The predicted octanol–water partition coefficient (Wildman–Crippen LogP) is 1.18. The number of benzene rings is 1. The molecule has 0 radical (unpaired) electrons. The first-order valence-corrected chi connectivity index (χ1v) is 13.9. The molecule has 3 atom stereocenters. The zero-order valence-corrected chi connectivity index (χ0v) is 24.9. The lowest BCUT2D eigenvalue weighted by atomic mass is 10.0. The Kier molecular flexibility index (Phi) is 10.3. The number of alkyl carbamates (subject to hydrolysis) is 1. The number of carbonyl (C=O) groups is 4. The topological polar surface area (TPSA) is 208 Å². The van der Waals surface area contributed by atoms with Crippen molar-refractivity contribution in [1.29, 1.82) is 0 Å². The maximum absolute atomic E-state index is 13.8. The minimum atomic E-state index is -1.15. The second-order valence-electron chi connectivity index (χ2n) is 11.1. The normalized spacial score (nSPS) is 13.5. The van der Waals surface area contributed by atoms with Gasteiger partial charge in [-0.1, -0.05) is 18.2 Å². The molecule has 3 heterocycles. The number of imidazole rings is 2. The molecule has 0 aliphatic heterocycles. The highest BCUT2D eigenvalue weighted by Crippen LogP contribution is 2.19. The highest BCUT2D eigenvalue weighted by molar-refractivity contribution is 5.94. The third-order valence-corrected chi connectivity index (χ3v) is 6.53. The van der Waals surface area contributed by atoms with Gasteiger partial charge in [0.25, 0.3) is 5.91 Å². The molecule has 4 rings (SSSR count). The molecular formula is C29H37N9O6. The van der Waals surface area contributed by atoms with Crippen molar-refractivity contribution in [2.75, 3.05) is 7.11 Å². The molecule has 0 aliphatic rings. The lowest BCUT2D eigenvalue weighted by molar-refractivity contribution is -0.137. The summed E-state index contributed by atoms with van der Waals surface area (Å²) >= 11 is 0. The third-order valence-electron chi connectivity index (χ3n) is 6.53. The van der Waals surface area contributed by atoms with Gasteiger partial charge in [0.05, 0.1) is 19.8 Å². The van der Waals surface area contributed by atoms with E-state index in [0.717, 1.165) is 16.5 Å². The maximum Gasteiger partial charge on any atom is 0.408 e. The molecule has 4 aromatic rings. The lowest BCUT2D eigenvalue weighted by Crippen LogP contribution is -2.58. The van der Waals surface area contributed by atoms with Gasteiger partial charge in [-0.3, -0.25) is 19.2 Å². The van der Waals surface area contributed by atoms with Gasteiger partial charge in [0.2, 0.25) is 11.8 Å². The van der Waals surface area contributed by atoms with Crippen molar-refractivity contribution in [1.82, 2.24) is 46.4 Å². The molecule has 7 N–H and O–H groups in total. The number of para-hydroxylation sites is 1. The largest absolute Gasteiger partial charge is 0.444 e. The lowest BCUT2D eigenvalue weighted by Gasteiger charge is -2.26. The molecule has 0 fully saturated rings. The number of nitrogens with one attached hydrogen (secondary N) is 7. The summed E-state index contributed by atoms with van der Waals surface area (Å²) in [6.45, 7) is 5.12. The van der Waals surface area contributed by atoms with E-state index in [1.807, 2.05) is 24.3 Å². The molecule has 4 amide bonds. The van der Waals surface area contributed by atoms with Crippen LogP contribution in [0.3, 0.4) is 0 Å². The van der Waals surface area contributed by atoms with Crippen LogP contribution in [0, 0.1) is 0 Å². The molecule has 15 heteroatoms. The van der Waals surface area contributed by atoms with Gasteiger partial charge >= 0.3 is 6.09 Å². The van der Waals surface area contributed by atoms with E-state index in [9.17, 15) is 19.2 Å². The number of carbonyl (C=O) groups excluding carboxylic acids is 4. The molecule has 0 unspecified atom stereocenters. The fourth-order valence-electron chi connectivity index (χ4n) is 4.55. The summed E-state index contributed by atoms with van der Waals surface area (Å²) in [5.74, 6) is -1.87. The molecule has 15 nitrogen and oxygen atoms in total. The summed E-state index contributed by atoms with van der Waals surface area (Å²) in [6, 6.07) is 4.21. The number of hydroxylamine groups is 1. The summed E-state index contributed by atoms with van der Waals surface area (Å²) in [5, 5.41) is 8.98. The first kappa shape index (κ1) is 31.7. The number of ether oxygens (including phenoxy) is 1. The molecule has 0 spiro atoms. The Balaban J connectivity index is 1.60. The van der Waals surface area contributed by atoms with Crippen LogP contribution in [0.5, 0.6) is 0 Å². The second-order valence-corrected chi connectivity index (χ2v) is 11.1. The number of rotatable bonds is 13.